The summed E-state index contributed by atoms with van der Waals surface area (Å²) in [6.07, 6.45) is 1.82. The Morgan fingerprint density at radius 1 is 1.58 bits per heavy atom. The highest BCUT2D eigenvalue weighted by molar-refractivity contribution is 5.12. The molecule has 0 aromatic carbocycles. The van der Waals surface area contributed by atoms with Crippen molar-refractivity contribution in [3.8, 4) is 6.07 Å². The lowest BCUT2D eigenvalue weighted by atomic mass is 10.2. The summed E-state index contributed by atoms with van der Waals surface area (Å²) in [5, 5.41) is 11.2. The monoisotopic (exact) mass is 161 g/mol. The Hall–Kier alpha value is -1.40. The normalized spacial score (nSPS) is 9.33. The molecule has 12 heavy (non-hydrogen) atoms. The molecule has 0 bridgehead atoms. The minimum absolute atomic E-state index is 0.383. The molecule has 0 saturated carbocycles. The molecule has 0 aliphatic carbocycles. The standard InChI is InChI=1S/C9H11N3/c1-8-2-3-9(7-12-8)6-11-5-4-10/h2-3,7,11H,5-6H2,1H3. The molecule has 0 radical (unpaired) electrons. The number of nitrogens with one attached hydrogen (secondary N) is 1. The van der Waals surface area contributed by atoms with Crippen molar-refractivity contribution in [2.24, 2.45) is 0 Å². The van der Waals surface area contributed by atoms with Crippen LogP contribution in [0.5, 0.6) is 0 Å². The van der Waals surface area contributed by atoms with Gasteiger partial charge in [0.05, 0.1) is 12.6 Å². The van der Waals surface area contributed by atoms with E-state index in [9.17, 15) is 0 Å². The first-order valence-corrected chi connectivity index (χ1v) is 3.82. The number of nitrogens with zero attached hydrogens (tertiary/aromatic N) is 2. The zero-order valence-corrected chi connectivity index (χ0v) is 7.04. The lowest BCUT2D eigenvalue weighted by Gasteiger charge is -1.99. The highest BCUT2D eigenvalue weighted by atomic mass is 14.8. The zero-order valence-electron chi connectivity index (χ0n) is 7.04. The summed E-state index contributed by atoms with van der Waals surface area (Å²) < 4.78 is 0. The summed E-state index contributed by atoms with van der Waals surface area (Å²) in [6, 6.07) is 5.99. The van der Waals surface area contributed by atoms with Crippen LogP contribution in [0, 0.1) is 18.3 Å². The molecule has 0 fully saturated rings. The van der Waals surface area contributed by atoms with Crippen LogP contribution in [0.15, 0.2) is 18.3 Å². The molecule has 1 aromatic rings. The minimum Gasteiger partial charge on any atom is -0.300 e. The Bertz CT molecular complexity index is 271. The number of hydrogen-bond acceptors (Lipinski definition) is 3. The van der Waals surface area contributed by atoms with Crippen molar-refractivity contribution in [3.63, 3.8) is 0 Å². The molecular formula is C9H11N3. The molecule has 1 heterocycles. The van der Waals surface area contributed by atoms with E-state index in [1.165, 1.54) is 0 Å². The number of rotatable bonds is 3. The first-order chi connectivity index (χ1) is 5.83. The molecule has 1 rings (SSSR count). The maximum absolute atomic E-state index is 8.26. The van der Waals surface area contributed by atoms with E-state index in [-0.39, 0.29) is 0 Å². The van der Waals surface area contributed by atoms with Gasteiger partial charge in [-0.15, -0.1) is 0 Å². The Morgan fingerprint density at radius 2 is 2.42 bits per heavy atom. The molecule has 0 aliphatic rings. The Morgan fingerprint density at radius 3 is 3.00 bits per heavy atom. The fraction of sp³-hybridized carbons (Fsp3) is 0.333. The Kier molecular flexibility index (Phi) is 3.24. The molecule has 1 N–H and O–H groups in total. The van der Waals surface area contributed by atoms with Gasteiger partial charge < -0.3 is 5.32 Å². The third kappa shape index (κ3) is 2.69. The first-order valence-electron chi connectivity index (χ1n) is 3.82. The maximum atomic E-state index is 8.26. The second-order valence-corrected chi connectivity index (χ2v) is 2.57. The van der Waals surface area contributed by atoms with E-state index in [0.29, 0.717) is 13.1 Å². The molecule has 0 spiro atoms. The van der Waals surface area contributed by atoms with E-state index in [1.54, 1.807) is 0 Å². The van der Waals surface area contributed by atoms with E-state index in [0.717, 1.165) is 11.3 Å². The van der Waals surface area contributed by atoms with Crippen LogP contribution in [-0.4, -0.2) is 11.5 Å². The van der Waals surface area contributed by atoms with Crippen LogP contribution in [-0.2, 0) is 6.54 Å². The van der Waals surface area contributed by atoms with Crippen LogP contribution in [0.1, 0.15) is 11.3 Å². The zero-order chi connectivity index (χ0) is 8.81. The lowest BCUT2D eigenvalue weighted by molar-refractivity contribution is 0.761. The summed E-state index contributed by atoms with van der Waals surface area (Å²) >= 11 is 0. The molecule has 1 aromatic heterocycles. The van der Waals surface area contributed by atoms with Gasteiger partial charge in [0.2, 0.25) is 0 Å². The number of hydrogen-bond donors (Lipinski definition) is 1. The molecule has 0 saturated heterocycles. The van der Waals surface area contributed by atoms with Crippen LogP contribution < -0.4 is 5.32 Å². The molecule has 0 amide bonds. The Labute approximate surface area is 72.1 Å². The van der Waals surface area contributed by atoms with Gasteiger partial charge in [-0.1, -0.05) is 6.07 Å². The van der Waals surface area contributed by atoms with Gasteiger partial charge in [0.1, 0.15) is 0 Å². The molecule has 62 valence electrons. The largest absolute Gasteiger partial charge is 0.300 e. The fourth-order valence-electron chi connectivity index (χ4n) is 0.866. The SMILES string of the molecule is Cc1ccc(CNCC#N)cn1. The minimum atomic E-state index is 0.383. The van der Waals surface area contributed by atoms with E-state index in [2.05, 4.69) is 10.3 Å². The van der Waals surface area contributed by atoms with Crippen molar-refractivity contribution in [1.82, 2.24) is 10.3 Å². The van der Waals surface area contributed by atoms with Gasteiger partial charge in [0.15, 0.2) is 0 Å². The molecule has 0 unspecified atom stereocenters. The molecular weight excluding hydrogens is 150 g/mol. The lowest BCUT2D eigenvalue weighted by Crippen LogP contribution is -2.12. The average molecular weight is 161 g/mol. The summed E-state index contributed by atoms with van der Waals surface area (Å²) in [7, 11) is 0. The number of aryl methyl sites for hydroxylation is 1. The Balaban J connectivity index is 2.43. The predicted octanol–water partition coefficient (Wildman–Crippen LogP) is 1.00. The number of aromatic nitrogens is 1. The van der Waals surface area contributed by atoms with Gasteiger partial charge in [-0.2, -0.15) is 5.26 Å². The third-order valence-corrected chi connectivity index (χ3v) is 1.51. The second-order valence-electron chi connectivity index (χ2n) is 2.57. The fourth-order valence-corrected chi connectivity index (χ4v) is 0.866. The van der Waals surface area contributed by atoms with E-state index < -0.39 is 0 Å². The summed E-state index contributed by atoms with van der Waals surface area (Å²) in [4.78, 5) is 4.13. The van der Waals surface area contributed by atoms with Gasteiger partial charge in [-0.3, -0.25) is 4.98 Å². The summed E-state index contributed by atoms with van der Waals surface area (Å²) in [5.41, 5.74) is 2.12. The van der Waals surface area contributed by atoms with Crippen molar-refractivity contribution in [3.05, 3.63) is 29.6 Å². The van der Waals surface area contributed by atoms with Gasteiger partial charge in [0.25, 0.3) is 0 Å². The van der Waals surface area contributed by atoms with Gasteiger partial charge in [-0.25, -0.2) is 0 Å². The van der Waals surface area contributed by atoms with Gasteiger partial charge >= 0.3 is 0 Å². The van der Waals surface area contributed by atoms with Crippen molar-refractivity contribution >= 4 is 0 Å². The average Bonchev–Trinajstić information content (AvgIpc) is 2.09. The van der Waals surface area contributed by atoms with Crippen molar-refractivity contribution in [2.75, 3.05) is 6.54 Å². The van der Waals surface area contributed by atoms with E-state index in [1.807, 2.05) is 31.3 Å². The summed E-state index contributed by atoms with van der Waals surface area (Å²) in [6.45, 7) is 3.04. The highest BCUT2D eigenvalue weighted by Gasteiger charge is 1.91. The van der Waals surface area contributed by atoms with Crippen molar-refractivity contribution in [1.29, 1.82) is 5.26 Å². The summed E-state index contributed by atoms with van der Waals surface area (Å²) in [5.74, 6) is 0. The van der Waals surface area contributed by atoms with E-state index >= 15 is 0 Å². The maximum Gasteiger partial charge on any atom is 0.0843 e. The second kappa shape index (κ2) is 4.47. The van der Waals surface area contributed by atoms with Crippen LogP contribution in [0.4, 0.5) is 0 Å². The molecule has 3 heteroatoms. The quantitative estimate of drug-likeness (QED) is 0.531. The smallest absolute Gasteiger partial charge is 0.0843 e. The van der Waals surface area contributed by atoms with Crippen LogP contribution >= 0.6 is 0 Å². The van der Waals surface area contributed by atoms with Crippen molar-refractivity contribution in [2.45, 2.75) is 13.5 Å². The predicted molar refractivity (Wildman–Crippen MR) is 46.3 cm³/mol. The van der Waals surface area contributed by atoms with Crippen LogP contribution in [0.25, 0.3) is 0 Å². The van der Waals surface area contributed by atoms with Crippen molar-refractivity contribution < 1.29 is 0 Å². The topological polar surface area (TPSA) is 48.7 Å². The first kappa shape index (κ1) is 8.69. The van der Waals surface area contributed by atoms with Crippen LogP contribution in [0.2, 0.25) is 0 Å². The molecule has 0 aliphatic heterocycles. The molecule has 3 nitrogen and oxygen atoms in total. The highest BCUT2D eigenvalue weighted by Crippen LogP contribution is 1.97. The number of nitriles is 1. The van der Waals surface area contributed by atoms with Gasteiger partial charge in [0, 0.05) is 18.4 Å². The van der Waals surface area contributed by atoms with E-state index in [4.69, 9.17) is 5.26 Å². The molecule has 0 atom stereocenters. The van der Waals surface area contributed by atoms with Crippen LogP contribution in [0.3, 0.4) is 0 Å². The number of pyridine rings is 1. The third-order valence-electron chi connectivity index (χ3n) is 1.51. The van der Waals surface area contributed by atoms with Gasteiger partial charge in [-0.05, 0) is 18.6 Å².